The second kappa shape index (κ2) is 6.23. The molecule has 0 bridgehead atoms. The van der Waals surface area contributed by atoms with Gasteiger partial charge in [-0.3, -0.25) is 0 Å². The summed E-state index contributed by atoms with van der Waals surface area (Å²) in [5.41, 5.74) is -4.65. The van der Waals surface area contributed by atoms with Gasteiger partial charge in [0.25, 0.3) is 9.84 Å². The third-order valence-electron chi connectivity index (χ3n) is 3.51. The molecule has 8 heteroatoms. The molecule has 1 saturated heterocycles. The Balaban J connectivity index is 1.93. The molecule has 1 aliphatic rings. The SMILES string of the molecule is O=S(=O)(c1ccc(NCCC2CCNC2)cc1)C(F)(F)F. The number of anilines is 1. The molecule has 0 spiro atoms. The molecule has 1 atom stereocenters. The molecule has 1 aromatic carbocycles. The summed E-state index contributed by atoms with van der Waals surface area (Å²) >= 11 is 0. The number of hydrogen-bond acceptors (Lipinski definition) is 4. The third-order valence-corrected chi connectivity index (χ3v) is 5.02. The summed E-state index contributed by atoms with van der Waals surface area (Å²) in [6.07, 6.45) is 2.10. The van der Waals surface area contributed by atoms with Crippen molar-refractivity contribution < 1.29 is 21.6 Å². The number of halogens is 3. The minimum absolute atomic E-state index is 0.613. The molecule has 4 nitrogen and oxygen atoms in total. The standard InChI is InChI=1S/C13H17F3N2O2S/c14-13(15,16)21(19,20)12-3-1-11(2-4-12)18-8-6-10-5-7-17-9-10/h1-4,10,17-18H,5-9H2. The van der Waals surface area contributed by atoms with Crippen LogP contribution < -0.4 is 10.6 Å². The van der Waals surface area contributed by atoms with Gasteiger partial charge in [-0.1, -0.05) is 0 Å². The van der Waals surface area contributed by atoms with Crippen molar-refractivity contribution in [3.63, 3.8) is 0 Å². The first-order valence-corrected chi connectivity index (χ1v) is 8.15. The van der Waals surface area contributed by atoms with E-state index < -0.39 is 20.2 Å². The van der Waals surface area contributed by atoms with E-state index in [0.717, 1.165) is 38.1 Å². The molecule has 118 valence electrons. The normalized spacial score (nSPS) is 19.7. The highest BCUT2D eigenvalue weighted by atomic mass is 32.2. The van der Waals surface area contributed by atoms with E-state index >= 15 is 0 Å². The Morgan fingerprint density at radius 1 is 1.24 bits per heavy atom. The first-order valence-electron chi connectivity index (χ1n) is 6.67. The topological polar surface area (TPSA) is 58.2 Å². The Morgan fingerprint density at radius 2 is 1.90 bits per heavy atom. The molecule has 0 aliphatic carbocycles. The summed E-state index contributed by atoms with van der Waals surface area (Å²) in [6.45, 7) is 2.72. The monoisotopic (exact) mass is 322 g/mol. The van der Waals surface area contributed by atoms with Crippen LogP contribution in [0.2, 0.25) is 0 Å². The van der Waals surface area contributed by atoms with E-state index in [1.165, 1.54) is 12.1 Å². The van der Waals surface area contributed by atoms with Crippen molar-refractivity contribution >= 4 is 15.5 Å². The van der Waals surface area contributed by atoms with E-state index in [1.807, 2.05) is 0 Å². The van der Waals surface area contributed by atoms with Gasteiger partial charge in [0.15, 0.2) is 0 Å². The summed E-state index contributed by atoms with van der Waals surface area (Å²) < 4.78 is 59.6. The molecule has 1 aromatic rings. The summed E-state index contributed by atoms with van der Waals surface area (Å²) in [4.78, 5) is -0.736. The van der Waals surface area contributed by atoms with Gasteiger partial charge in [-0.15, -0.1) is 0 Å². The Bertz CT molecular complexity index is 564. The fourth-order valence-corrected chi connectivity index (χ4v) is 3.03. The minimum atomic E-state index is -5.27. The number of alkyl halides is 3. The van der Waals surface area contributed by atoms with E-state index in [9.17, 15) is 21.6 Å². The minimum Gasteiger partial charge on any atom is -0.385 e. The first kappa shape index (κ1) is 16.1. The largest absolute Gasteiger partial charge is 0.501 e. The van der Waals surface area contributed by atoms with E-state index in [-0.39, 0.29) is 0 Å². The highest BCUT2D eigenvalue weighted by Gasteiger charge is 2.46. The van der Waals surface area contributed by atoms with Crippen LogP contribution in [0.25, 0.3) is 0 Å². The average Bonchev–Trinajstić information content (AvgIpc) is 2.91. The van der Waals surface area contributed by atoms with Crippen molar-refractivity contribution in [3.8, 4) is 0 Å². The van der Waals surface area contributed by atoms with Gasteiger partial charge in [0.05, 0.1) is 4.90 Å². The van der Waals surface area contributed by atoms with Crippen LogP contribution in [0.4, 0.5) is 18.9 Å². The maximum absolute atomic E-state index is 12.4. The lowest BCUT2D eigenvalue weighted by molar-refractivity contribution is -0.0436. The molecule has 1 aliphatic heterocycles. The molecular formula is C13H17F3N2O2S. The highest BCUT2D eigenvalue weighted by Crippen LogP contribution is 2.30. The zero-order chi connectivity index (χ0) is 15.5. The summed E-state index contributed by atoms with van der Waals surface area (Å²) in [5, 5.41) is 6.34. The van der Waals surface area contributed by atoms with E-state index in [1.54, 1.807) is 0 Å². The lowest BCUT2D eigenvalue weighted by atomic mass is 10.1. The molecule has 0 saturated carbocycles. The molecule has 0 radical (unpaired) electrons. The Hall–Kier alpha value is -1.28. The van der Waals surface area contributed by atoms with Crippen LogP contribution in [0, 0.1) is 5.92 Å². The van der Waals surface area contributed by atoms with Gasteiger partial charge >= 0.3 is 5.51 Å². The number of benzene rings is 1. The van der Waals surface area contributed by atoms with Crippen LogP contribution in [0.15, 0.2) is 29.2 Å². The number of rotatable bonds is 5. The Morgan fingerprint density at radius 3 is 2.43 bits per heavy atom. The molecule has 21 heavy (non-hydrogen) atoms. The predicted octanol–water partition coefficient (Wildman–Crippen LogP) is 2.39. The van der Waals surface area contributed by atoms with Crippen LogP contribution >= 0.6 is 0 Å². The van der Waals surface area contributed by atoms with E-state index in [4.69, 9.17) is 0 Å². The van der Waals surface area contributed by atoms with Gasteiger partial charge in [-0.05, 0) is 56.1 Å². The molecule has 2 rings (SSSR count). The fraction of sp³-hybridized carbons (Fsp3) is 0.538. The van der Waals surface area contributed by atoms with Crippen LogP contribution in [0.5, 0.6) is 0 Å². The molecule has 2 N–H and O–H groups in total. The van der Waals surface area contributed by atoms with Crippen LogP contribution in [-0.4, -0.2) is 33.6 Å². The molecular weight excluding hydrogens is 305 g/mol. The van der Waals surface area contributed by atoms with Gasteiger partial charge in [0, 0.05) is 12.2 Å². The van der Waals surface area contributed by atoms with Gasteiger partial charge in [-0.25, -0.2) is 8.42 Å². The zero-order valence-electron chi connectivity index (χ0n) is 11.3. The fourth-order valence-electron chi connectivity index (χ4n) is 2.27. The summed E-state index contributed by atoms with van der Waals surface area (Å²) in [6, 6.07) is 4.65. The average molecular weight is 322 g/mol. The second-order valence-corrected chi connectivity index (χ2v) is 6.99. The van der Waals surface area contributed by atoms with Crippen molar-refractivity contribution in [2.24, 2.45) is 5.92 Å². The lowest BCUT2D eigenvalue weighted by Crippen LogP contribution is -2.23. The van der Waals surface area contributed by atoms with Crippen molar-refractivity contribution in [3.05, 3.63) is 24.3 Å². The van der Waals surface area contributed by atoms with Gasteiger partial charge in [0.2, 0.25) is 0 Å². The summed E-state index contributed by atoms with van der Waals surface area (Å²) in [5.74, 6) is 0.613. The zero-order valence-corrected chi connectivity index (χ0v) is 12.1. The maximum Gasteiger partial charge on any atom is 0.501 e. The van der Waals surface area contributed by atoms with E-state index in [2.05, 4.69) is 10.6 Å². The Labute approximate surface area is 121 Å². The quantitative estimate of drug-likeness (QED) is 0.874. The first-order chi connectivity index (χ1) is 9.80. The third kappa shape index (κ3) is 3.88. The summed E-state index contributed by atoms with van der Waals surface area (Å²) in [7, 11) is -5.26. The van der Waals surface area contributed by atoms with Crippen molar-refractivity contribution in [1.29, 1.82) is 0 Å². The molecule has 1 unspecified atom stereocenters. The number of nitrogens with one attached hydrogen (secondary N) is 2. The Kier molecular flexibility index (Phi) is 4.77. The molecule has 0 aromatic heterocycles. The van der Waals surface area contributed by atoms with E-state index in [0.29, 0.717) is 18.2 Å². The van der Waals surface area contributed by atoms with Gasteiger partial charge in [0.1, 0.15) is 0 Å². The number of sulfone groups is 1. The molecule has 1 fully saturated rings. The van der Waals surface area contributed by atoms with Crippen LogP contribution in [0.1, 0.15) is 12.8 Å². The van der Waals surface area contributed by atoms with Crippen LogP contribution in [-0.2, 0) is 9.84 Å². The molecule has 1 heterocycles. The predicted molar refractivity (Wildman–Crippen MR) is 73.8 cm³/mol. The van der Waals surface area contributed by atoms with Crippen molar-refractivity contribution in [1.82, 2.24) is 5.32 Å². The highest BCUT2D eigenvalue weighted by molar-refractivity contribution is 7.92. The van der Waals surface area contributed by atoms with Crippen molar-refractivity contribution in [2.45, 2.75) is 23.2 Å². The number of hydrogen-bond donors (Lipinski definition) is 2. The second-order valence-electron chi connectivity index (χ2n) is 5.05. The van der Waals surface area contributed by atoms with Crippen molar-refractivity contribution in [2.75, 3.05) is 25.0 Å². The van der Waals surface area contributed by atoms with Gasteiger partial charge in [-0.2, -0.15) is 13.2 Å². The molecule has 0 amide bonds. The maximum atomic E-state index is 12.4. The van der Waals surface area contributed by atoms with Crippen LogP contribution in [0.3, 0.4) is 0 Å². The smallest absolute Gasteiger partial charge is 0.385 e. The van der Waals surface area contributed by atoms with Gasteiger partial charge < -0.3 is 10.6 Å². The lowest BCUT2D eigenvalue weighted by Gasteiger charge is -2.11.